The zero-order valence-corrected chi connectivity index (χ0v) is 34.7. The highest BCUT2D eigenvalue weighted by Gasteiger charge is 2.48. The third-order valence-corrected chi connectivity index (χ3v) is 15.3. The predicted octanol–water partition coefficient (Wildman–Crippen LogP) is 12.4. The van der Waals surface area contributed by atoms with Crippen LogP contribution < -0.4 is 10.7 Å². The van der Waals surface area contributed by atoms with Crippen LogP contribution in [-0.2, 0) is 16.2 Å². The van der Waals surface area contributed by atoms with Crippen LogP contribution in [0.15, 0.2) is 34.3 Å². The minimum Gasteiger partial charge on any atom is -0.393 e. The summed E-state index contributed by atoms with van der Waals surface area (Å²) < 4.78 is 0. The van der Waals surface area contributed by atoms with Crippen LogP contribution in [0, 0.1) is 11.8 Å². The number of unbranched alkanes of at least 4 members (excludes halogenated alkanes) is 2. The first-order valence-corrected chi connectivity index (χ1v) is 21.9. The highest BCUT2D eigenvalue weighted by atomic mass is 32.1. The number of aliphatic hydroxyl groups excluding tert-OH is 1. The normalized spacial score (nSPS) is 24.1. The molecule has 2 unspecified atom stereocenters. The number of fused-ring (bicyclic) bond motifs is 4. The largest absolute Gasteiger partial charge is 0.393 e. The van der Waals surface area contributed by atoms with Gasteiger partial charge in [0.1, 0.15) is 0 Å². The van der Waals surface area contributed by atoms with Crippen molar-refractivity contribution in [2.24, 2.45) is 21.8 Å². The Morgan fingerprint density at radius 2 is 1.32 bits per heavy atom. The monoisotopic (exact) mass is 714 g/mol. The topological polar surface area (TPSA) is 45.0 Å². The van der Waals surface area contributed by atoms with Gasteiger partial charge in [-0.15, -0.1) is 22.7 Å². The molecule has 5 heteroatoms. The lowest BCUT2D eigenvalue weighted by Crippen LogP contribution is -2.34. The van der Waals surface area contributed by atoms with Crippen LogP contribution in [0.1, 0.15) is 181 Å². The molecule has 0 amide bonds. The van der Waals surface area contributed by atoms with Crippen LogP contribution in [0.3, 0.4) is 0 Å². The van der Waals surface area contributed by atoms with Crippen molar-refractivity contribution in [2.45, 2.75) is 187 Å². The summed E-state index contributed by atoms with van der Waals surface area (Å²) in [5, 5.41) is 12.6. The molecule has 0 saturated heterocycles. The Hall–Kier alpha value is -1.82. The van der Waals surface area contributed by atoms with Crippen molar-refractivity contribution in [3.05, 3.63) is 56.5 Å². The third-order valence-electron chi connectivity index (χ3n) is 12.4. The van der Waals surface area contributed by atoms with Crippen LogP contribution in [-0.4, -0.2) is 16.9 Å². The second kappa shape index (κ2) is 14.5. The van der Waals surface area contributed by atoms with Gasteiger partial charge in [-0.1, -0.05) is 133 Å². The molecule has 1 aromatic carbocycles. The molecule has 2 aromatic heterocycles. The van der Waals surface area contributed by atoms with Gasteiger partial charge in [0.15, 0.2) is 5.66 Å². The van der Waals surface area contributed by atoms with Crippen molar-refractivity contribution in [3.8, 4) is 20.2 Å². The zero-order valence-electron chi connectivity index (χ0n) is 33.1. The molecular weight excluding hydrogens is 649 g/mol. The van der Waals surface area contributed by atoms with E-state index in [1.165, 1.54) is 90.0 Å². The molecule has 274 valence electrons. The number of aliphatic hydroxyl groups is 1. The van der Waals surface area contributed by atoms with Crippen molar-refractivity contribution in [2.75, 3.05) is 0 Å². The van der Waals surface area contributed by atoms with Gasteiger partial charge in [-0.25, -0.2) is 0 Å². The molecule has 3 aliphatic rings. The summed E-state index contributed by atoms with van der Waals surface area (Å²) in [5.41, 5.74) is 5.56. The summed E-state index contributed by atoms with van der Waals surface area (Å²) in [6.07, 6.45) is 15.9. The molecule has 2 aliphatic carbocycles. The number of rotatable bonds is 13. The van der Waals surface area contributed by atoms with Crippen molar-refractivity contribution >= 4 is 22.7 Å². The Bertz CT molecular complexity index is 1750. The standard InChI is InChI=1S/C45H66N2OS2/c1-11-15-17-29(13-3)27-44(28-30(14-4)18-16-12-2)34-25-36(49-40(34)41-35(44)26-37(50-41)43(8,9)10)32-19-20-33(42(5,6)7)39-38(32)46-45(47-39)23-21-31(48)22-24-45/h19-20,25-26,29-31,48H,11-18,21-24,27-28H2,1-10H3. The quantitative estimate of drug-likeness (QED) is 0.188. The lowest BCUT2D eigenvalue weighted by molar-refractivity contribution is 0.100. The van der Waals surface area contributed by atoms with Crippen molar-refractivity contribution in [3.63, 3.8) is 0 Å². The van der Waals surface area contributed by atoms with Crippen LogP contribution in [0.4, 0.5) is 0 Å². The summed E-state index contributed by atoms with van der Waals surface area (Å²) in [6.45, 7) is 23.7. The fourth-order valence-electron chi connectivity index (χ4n) is 9.21. The second-order valence-corrected chi connectivity index (χ2v) is 20.4. The van der Waals surface area contributed by atoms with E-state index in [1.54, 1.807) is 16.0 Å². The molecule has 3 aromatic rings. The predicted molar refractivity (Wildman–Crippen MR) is 217 cm³/mol. The van der Waals surface area contributed by atoms with Gasteiger partial charge in [-0.05, 0) is 90.0 Å². The lowest BCUT2D eigenvalue weighted by atomic mass is 9.65. The number of hydrogen-bond acceptors (Lipinski definition) is 5. The summed E-state index contributed by atoms with van der Waals surface area (Å²) >= 11 is 4.11. The fourth-order valence-corrected chi connectivity index (χ4v) is 12.0. The maximum atomic E-state index is 10.4. The van der Waals surface area contributed by atoms with E-state index in [-0.39, 0.29) is 22.3 Å². The van der Waals surface area contributed by atoms with Crippen molar-refractivity contribution < 1.29 is 5.11 Å². The van der Waals surface area contributed by atoms with Crippen LogP contribution in [0.2, 0.25) is 0 Å². The van der Waals surface area contributed by atoms with Crippen LogP contribution in [0.5, 0.6) is 0 Å². The van der Waals surface area contributed by atoms with Gasteiger partial charge in [0.2, 0.25) is 0 Å². The Kier molecular flexibility index (Phi) is 11.0. The molecule has 1 saturated carbocycles. The number of thiophene rings is 2. The van der Waals surface area contributed by atoms with E-state index in [0.29, 0.717) is 0 Å². The van der Waals surface area contributed by atoms with E-state index >= 15 is 0 Å². The summed E-state index contributed by atoms with van der Waals surface area (Å²) in [7, 11) is 0. The molecule has 1 aliphatic heterocycles. The Morgan fingerprint density at radius 3 is 1.86 bits per heavy atom. The Morgan fingerprint density at radius 1 is 0.760 bits per heavy atom. The maximum Gasteiger partial charge on any atom is 0.151 e. The molecule has 6 rings (SSSR count). The van der Waals surface area contributed by atoms with Gasteiger partial charge < -0.3 is 5.11 Å². The van der Waals surface area contributed by atoms with Crippen molar-refractivity contribution in [1.82, 2.24) is 0 Å². The van der Waals surface area contributed by atoms with Gasteiger partial charge in [-0.2, -0.15) is 0 Å². The average Bonchev–Trinajstić information content (AvgIpc) is 3.83. The molecule has 1 spiro atoms. The maximum absolute atomic E-state index is 10.4. The number of benzene rings is 1. The first kappa shape index (κ1) is 37.9. The molecular formula is C45H66N2OS2. The minimum atomic E-state index is -0.425. The SMILES string of the molecule is CCCCC(CC)CC1(CC(CC)CCCC)c2cc(-c3ccc(C(C)(C)C)c4c3=NC3(CCC(O)CC3)N=4)sc2-c2sc(C(C)(C)C)cc21. The molecule has 50 heavy (non-hydrogen) atoms. The first-order chi connectivity index (χ1) is 23.7. The number of nitrogens with zero attached hydrogens (tertiary/aromatic N) is 2. The molecule has 3 nitrogen and oxygen atoms in total. The molecule has 2 atom stereocenters. The Balaban J connectivity index is 1.57. The highest BCUT2D eigenvalue weighted by Crippen LogP contribution is 2.62. The van der Waals surface area contributed by atoms with Gasteiger partial charge in [0, 0.05) is 30.5 Å². The van der Waals surface area contributed by atoms with E-state index in [2.05, 4.69) is 105 Å². The highest BCUT2D eigenvalue weighted by molar-refractivity contribution is 7.24. The fraction of sp³-hybridized carbons (Fsp3) is 0.689. The summed E-state index contributed by atoms with van der Waals surface area (Å²) in [6, 6.07) is 10.0. The zero-order chi connectivity index (χ0) is 36.1. The first-order valence-electron chi connectivity index (χ1n) is 20.3. The molecule has 0 radical (unpaired) electrons. The van der Waals surface area contributed by atoms with Gasteiger partial charge in [0.05, 0.1) is 16.8 Å². The molecule has 1 N–H and O–H groups in total. The van der Waals surface area contributed by atoms with Crippen molar-refractivity contribution in [1.29, 1.82) is 0 Å². The van der Waals surface area contributed by atoms with Gasteiger partial charge >= 0.3 is 0 Å². The summed E-state index contributed by atoms with van der Waals surface area (Å²) in [4.78, 5) is 17.0. The minimum absolute atomic E-state index is 0.0236. The van der Waals surface area contributed by atoms with E-state index in [4.69, 9.17) is 9.98 Å². The summed E-state index contributed by atoms with van der Waals surface area (Å²) in [5.74, 6) is 1.45. The van der Waals surface area contributed by atoms with Gasteiger partial charge in [0.25, 0.3) is 0 Å². The molecule has 1 fully saturated rings. The molecule has 3 heterocycles. The smallest absolute Gasteiger partial charge is 0.151 e. The van der Waals surface area contributed by atoms with Crippen LogP contribution in [0.25, 0.3) is 20.2 Å². The van der Waals surface area contributed by atoms with Crippen LogP contribution >= 0.6 is 22.7 Å². The van der Waals surface area contributed by atoms with E-state index < -0.39 is 5.66 Å². The Labute approximate surface area is 312 Å². The second-order valence-electron chi connectivity index (χ2n) is 18.3. The van der Waals surface area contributed by atoms with Gasteiger partial charge in [-0.3, -0.25) is 9.98 Å². The molecule has 0 bridgehead atoms. The lowest BCUT2D eigenvalue weighted by Gasteiger charge is -2.38. The van der Waals surface area contributed by atoms with E-state index in [9.17, 15) is 5.11 Å². The van der Waals surface area contributed by atoms with E-state index in [0.717, 1.165) is 48.2 Å². The number of hydrogen-bond donors (Lipinski definition) is 1. The third kappa shape index (κ3) is 7.11. The van der Waals surface area contributed by atoms with E-state index in [1.807, 2.05) is 11.3 Å². The average molecular weight is 715 g/mol.